The second kappa shape index (κ2) is 7.29. The fraction of sp³-hybridized carbons (Fsp3) is 0.550. The number of halogens is 1. The van der Waals surface area contributed by atoms with Crippen LogP contribution in [0.1, 0.15) is 30.7 Å². The van der Waals surface area contributed by atoms with E-state index in [4.69, 9.17) is 0 Å². The first-order valence-electron chi connectivity index (χ1n) is 9.67. The lowest BCUT2D eigenvalue weighted by Crippen LogP contribution is -2.54. The summed E-state index contributed by atoms with van der Waals surface area (Å²) in [4.78, 5) is 42.3. The molecule has 0 N–H and O–H groups in total. The minimum atomic E-state index is -0.445. The van der Waals surface area contributed by atoms with Crippen LogP contribution in [0.2, 0.25) is 0 Å². The molecule has 7 heteroatoms. The summed E-state index contributed by atoms with van der Waals surface area (Å²) in [5.74, 6) is -0.919. The highest BCUT2D eigenvalue weighted by Crippen LogP contribution is 2.48. The van der Waals surface area contributed by atoms with Gasteiger partial charge in [-0.2, -0.15) is 0 Å². The molecule has 6 nitrogen and oxygen atoms in total. The molecule has 0 spiro atoms. The molecular formula is C20H24FN3O3. The summed E-state index contributed by atoms with van der Waals surface area (Å²) >= 11 is 0. The summed E-state index contributed by atoms with van der Waals surface area (Å²) in [6.45, 7) is 3.05. The number of amides is 3. The van der Waals surface area contributed by atoms with Crippen molar-refractivity contribution in [2.24, 2.45) is 5.92 Å². The van der Waals surface area contributed by atoms with Crippen molar-refractivity contribution in [2.45, 2.75) is 25.2 Å². The highest BCUT2D eigenvalue weighted by Gasteiger charge is 2.46. The van der Waals surface area contributed by atoms with Gasteiger partial charge in [0.15, 0.2) is 0 Å². The molecule has 2 heterocycles. The number of hydrogen-bond donors (Lipinski definition) is 0. The average molecular weight is 373 g/mol. The van der Waals surface area contributed by atoms with Crippen molar-refractivity contribution in [2.75, 3.05) is 39.3 Å². The van der Waals surface area contributed by atoms with Gasteiger partial charge >= 0.3 is 11.8 Å². The monoisotopic (exact) mass is 373 g/mol. The fourth-order valence-electron chi connectivity index (χ4n) is 4.10. The Morgan fingerprint density at radius 2 is 1.30 bits per heavy atom. The Morgan fingerprint density at radius 1 is 0.778 bits per heavy atom. The number of carbonyl (C=O) groups excluding carboxylic acids is 3. The minimum absolute atomic E-state index is 0.0519. The van der Waals surface area contributed by atoms with Crippen molar-refractivity contribution in [3.05, 3.63) is 35.6 Å². The van der Waals surface area contributed by atoms with Crippen molar-refractivity contribution in [3.63, 3.8) is 0 Å². The van der Waals surface area contributed by atoms with E-state index < -0.39 is 11.8 Å². The van der Waals surface area contributed by atoms with Gasteiger partial charge in [0.05, 0.1) is 0 Å². The Balaban J connectivity index is 1.28. The third-order valence-corrected chi connectivity index (χ3v) is 5.86. The van der Waals surface area contributed by atoms with Crippen LogP contribution < -0.4 is 0 Å². The maximum atomic E-state index is 13.0. The van der Waals surface area contributed by atoms with Crippen LogP contribution in [0.25, 0.3) is 0 Å². The van der Waals surface area contributed by atoms with Crippen molar-refractivity contribution in [1.82, 2.24) is 14.7 Å². The Morgan fingerprint density at radius 3 is 1.89 bits per heavy atom. The van der Waals surface area contributed by atoms with Crippen LogP contribution >= 0.6 is 0 Å². The number of carbonyl (C=O) groups is 3. The van der Waals surface area contributed by atoms with Gasteiger partial charge in [-0.3, -0.25) is 14.4 Å². The van der Waals surface area contributed by atoms with Gasteiger partial charge in [-0.1, -0.05) is 12.1 Å². The van der Waals surface area contributed by atoms with Crippen LogP contribution in [0.15, 0.2) is 24.3 Å². The van der Waals surface area contributed by atoms with E-state index in [0.717, 1.165) is 24.8 Å². The Labute approximate surface area is 157 Å². The Hall–Kier alpha value is -2.44. The van der Waals surface area contributed by atoms with Gasteiger partial charge in [0, 0.05) is 45.2 Å². The van der Waals surface area contributed by atoms with E-state index in [2.05, 4.69) is 0 Å². The molecule has 4 rings (SSSR count). The molecule has 2 aliphatic heterocycles. The lowest BCUT2D eigenvalue weighted by atomic mass is 10.1. The Bertz CT molecular complexity index is 737. The molecule has 3 fully saturated rings. The standard InChI is InChI=1S/C20H24FN3O3/c21-15-5-3-14(4-6-15)16-13-17(16)18(25)23-9-11-24(12-10-23)20(27)19(26)22-7-1-2-8-22/h3-6,16-17H,1-2,7-13H2. The normalized spacial score (nSPS) is 24.9. The van der Waals surface area contributed by atoms with Crippen molar-refractivity contribution in [3.8, 4) is 0 Å². The maximum Gasteiger partial charge on any atom is 0.312 e. The largest absolute Gasteiger partial charge is 0.339 e. The van der Waals surface area contributed by atoms with Gasteiger partial charge in [0.25, 0.3) is 0 Å². The SMILES string of the molecule is O=C(C(=O)N1CCN(C(=O)C2CC2c2ccc(F)cc2)CC1)N1CCCC1. The number of likely N-dealkylation sites (tertiary alicyclic amines) is 1. The third-order valence-electron chi connectivity index (χ3n) is 5.86. The minimum Gasteiger partial charge on any atom is -0.339 e. The molecule has 1 saturated carbocycles. The molecule has 3 aliphatic rings. The van der Waals surface area contributed by atoms with Gasteiger partial charge in [0.2, 0.25) is 5.91 Å². The average Bonchev–Trinajstić information content (AvgIpc) is 3.30. The van der Waals surface area contributed by atoms with E-state index in [1.54, 1.807) is 26.8 Å². The number of nitrogens with zero attached hydrogens (tertiary/aromatic N) is 3. The molecule has 27 heavy (non-hydrogen) atoms. The highest BCUT2D eigenvalue weighted by atomic mass is 19.1. The lowest BCUT2D eigenvalue weighted by Gasteiger charge is -2.35. The first kappa shape index (κ1) is 17.9. The second-order valence-corrected chi connectivity index (χ2v) is 7.62. The van der Waals surface area contributed by atoms with Crippen LogP contribution in [-0.2, 0) is 14.4 Å². The predicted octanol–water partition coefficient (Wildman–Crippen LogP) is 1.22. The summed E-state index contributed by atoms with van der Waals surface area (Å²) in [7, 11) is 0. The second-order valence-electron chi connectivity index (χ2n) is 7.62. The Kier molecular flexibility index (Phi) is 4.85. The summed E-state index contributed by atoms with van der Waals surface area (Å²) in [6, 6.07) is 6.34. The first-order valence-corrected chi connectivity index (χ1v) is 9.67. The number of hydrogen-bond acceptors (Lipinski definition) is 3. The summed E-state index contributed by atoms with van der Waals surface area (Å²) < 4.78 is 13.0. The third kappa shape index (κ3) is 3.68. The number of benzene rings is 1. The molecule has 0 bridgehead atoms. The zero-order valence-electron chi connectivity index (χ0n) is 15.3. The lowest BCUT2D eigenvalue weighted by molar-refractivity contribution is -0.153. The van der Waals surface area contributed by atoms with E-state index in [9.17, 15) is 18.8 Å². The molecular weight excluding hydrogens is 349 g/mol. The highest BCUT2D eigenvalue weighted by molar-refractivity contribution is 6.35. The molecule has 3 amide bonds. The molecule has 0 aromatic heterocycles. The summed E-state index contributed by atoms with van der Waals surface area (Å²) in [6.07, 6.45) is 2.70. The van der Waals surface area contributed by atoms with Gasteiger partial charge in [-0.25, -0.2) is 4.39 Å². The van der Waals surface area contributed by atoms with Crippen molar-refractivity contribution in [1.29, 1.82) is 0 Å². The fourth-order valence-corrected chi connectivity index (χ4v) is 4.10. The topological polar surface area (TPSA) is 60.9 Å². The predicted molar refractivity (Wildman–Crippen MR) is 96.2 cm³/mol. The molecule has 2 saturated heterocycles. The number of rotatable bonds is 2. The van der Waals surface area contributed by atoms with Crippen molar-refractivity contribution < 1.29 is 18.8 Å². The molecule has 1 aliphatic carbocycles. The van der Waals surface area contributed by atoms with E-state index >= 15 is 0 Å². The van der Waals surface area contributed by atoms with Crippen LogP contribution in [0.4, 0.5) is 4.39 Å². The smallest absolute Gasteiger partial charge is 0.312 e. The first-order chi connectivity index (χ1) is 13.0. The van der Waals surface area contributed by atoms with Gasteiger partial charge in [0.1, 0.15) is 5.82 Å². The molecule has 2 atom stereocenters. The van der Waals surface area contributed by atoms with E-state index in [-0.39, 0.29) is 23.6 Å². The zero-order valence-corrected chi connectivity index (χ0v) is 15.3. The van der Waals surface area contributed by atoms with E-state index in [1.165, 1.54) is 12.1 Å². The van der Waals surface area contributed by atoms with Crippen molar-refractivity contribution >= 4 is 17.7 Å². The van der Waals surface area contributed by atoms with Crippen LogP contribution in [0, 0.1) is 11.7 Å². The van der Waals surface area contributed by atoms with Crippen LogP contribution in [0.3, 0.4) is 0 Å². The van der Waals surface area contributed by atoms with E-state index in [0.29, 0.717) is 39.3 Å². The number of piperazine rings is 1. The quantitative estimate of drug-likeness (QED) is 0.733. The molecule has 1 aromatic rings. The van der Waals surface area contributed by atoms with E-state index in [1.807, 2.05) is 0 Å². The molecule has 144 valence electrons. The van der Waals surface area contributed by atoms with Crippen LogP contribution in [0.5, 0.6) is 0 Å². The van der Waals surface area contributed by atoms with Gasteiger partial charge < -0.3 is 14.7 Å². The summed E-state index contributed by atoms with van der Waals surface area (Å²) in [5.41, 5.74) is 1.000. The molecule has 0 radical (unpaired) electrons. The van der Waals surface area contributed by atoms with Gasteiger partial charge in [-0.05, 0) is 42.9 Å². The molecule has 1 aromatic carbocycles. The zero-order chi connectivity index (χ0) is 19.0. The summed E-state index contributed by atoms with van der Waals surface area (Å²) in [5, 5.41) is 0. The van der Waals surface area contributed by atoms with Gasteiger partial charge in [-0.15, -0.1) is 0 Å². The molecule has 2 unspecified atom stereocenters. The van der Waals surface area contributed by atoms with Crippen LogP contribution in [-0.4, -0.2) is 71.7 Å². The maximum absolute atomic E-state index is 13.0.